The van der Waals surface area contributed by atoms with Crippen molar-refractivity contribution in [2.24, 2.45) is 5.92 Å². The van der Waals surface area contributed by atoms with Gasteiger partial charge in [0.05, 0.1) is 7.11 Å². The van der Waals surface area contributed by atoms with Crippen LogP contribution < -0.4 is 14.8 Å². The van der Waals surface area contributed by atoms with Crippen molar-refractivity contribution in [2.75, 3.05) is 7.11 Å². The highest BCUT2D eigenvalue weighted by Gasteiger charge is 2.14. The Bertz CT molecular complexity index is 759. The average Bonchev–Trinajstić information content (AvgIpc) is 3.18. The van der Waals surface area contributed by atoms with Crippen molar-refractivity contribution in [3.63, 3.8) is 0 Å². The van der Waals surface area contributed by atoms with Crippen LogP contribution in [0.3, 0.4) is 0 Å². The van der Waals surface area contributed by atoms with E-state index in [4.69, 9.17) is 9.47 Å². The molecule has 0 bridgehead atoms. The highest BCUT2D eigenvalue weighted by Crippen LogP contribution is 2.29. The van der Waals surface area contributed by atoms with Crippen LogP contribution in [0.5, 0.6) is 11.5 Å². The molecule has 1 aromatic carbocycles. The topological polar surface area (TPSA) is 60.5 Å². The first kappa shape index (κ1) is 18.0. The summed E-state index contributed by atoms with van der Waals surface area (Å²) >= 11 is 0. The van der Waals surface area contributed by atoms with Gasteiger partial charge in [-0.05, 0) is 42.5 Å². The lowest BCUT2D eigenvalue weighted by Crippen LogP contribution is -2.24. The highest BCUT2D eigenvalue weighted by atomic mass is 16.5. The minimum absolute atomic E-state index is 0.0809. The van der Waals surface area contributed by atoms with Crippen molar-refractivity contribution in [3.8, 4) is 11.5 Å². The van der Waals surface area contributed by atoms with Crippen LogP contribution in [0.15, 0.2) is 54.9 Å². The lowest BCUT2D eigenvalue weighted by molar-refractivity contribution is -0.121. The quantitative estimate of drug-likeness (QED) is 0.737. The number of nitrogens with zero attached hydrogens (tertiary/aromatic N) is 1. The van der Waals surface area contributed by atoms with Crippen molar-refractivity contribution in [3.05, 3.63) is 66.0 Å². The van der Waals surface area contributed by atoms with E-state index in [-0.39, 0.29) is 5.91 Å². The molecular formula is C21H24N2O3. The van der Waals surface area contributed by atoms with Crippen molar-refractivity contribution in [1.29, 1.82) is 0 Å². The van der Waals surface area contributed by atoms with Crippen molar-refractivity contribution >= 4 is 5.91 Å². The molecule has 2 aromatic rings. The van der Waals surface area contributed by atoms with Gasteiger partial charge in [0.1, 0.15) is 6.61 Å². The largest absolute Gasteiger partial charge is 0.493 e. The molecule has 1 heterocycles. The Hall–Kier alpha value is -2.82. The zero-order valence-corrected chi connectivity index (χ0v) is 15.0. The summed E-state index contributed by atoms with van der Waals surface area (Å²) in [5.74, 6) is 1.78. The van der Waals surface area contributed by atoms with Crippen LogP contribution >= 0.6 is 0 Å². The van der Waals surface area contributed by atoms with Crippen LogP contribution in [-0.4, -0.2) is 18.0 Å². The standard InChI is InChI=1S/C21H24N2O3/c1-25-20-11-17(14-23-21(24)12-16-5-2-3-6-16)8-9-19(20)26-15-18-7-4-10-22-13-18/h2,4-5,7-11,13,16H,3,6,12,14-15H2,1H3,(H,23,24)/t16-/m0/s1. The Morgan fingerprint density at radius 3 is 2.92 bits per heavy atom. The first-order valence-corrected chi connectivity index (χ1v) is 8.86. The summed E-state index contributed by atoms with van der Waals surface area (Å²) in [6.07, 6.45) is 10.5. The van der Waals surface area contributed by atoms with Gasteiger partial charge in [0.15, 0.2) is 11.5 Å². The number of ether oxygens (including phenoxy) is 2. The lowest BCUT2D eigenvalue weighted by Gasteiger charge is -2.13. The molecule has 1 N–H and O–H groups in total. The SMILES string of the molecule is COc1cc(CNC(=O)C[C@H]2C=CCC2)ccc1OCc1cccnc1. The zero-order valence-electron chi connectivity index (χ0n) is 15.0. The van der Waals surface area contributed by atoms with E-state index in [1.165, 1.54) is 0 Å². The average molecular weight is 352 g/mol. The van der Waals surface area contributed by atoms with Gasteiger partial charge < -0.3 is 14.8 Å². The fourth-order valence-corrected chi connectivity index (χ4v) is 2.96. The maximum Gasteiger partial charge on any atom is 0.220 e. The van der Waals surface area contributed by atoms with Gasteiger partial charge in [-0.1, -0.05) is 24.3 Å². The summed E-state index contributed by atoms with van der Waals surface area (Å²) in [4.78, 5) is 16.1. The summed E-state index contributed by atoms with van der Waals surface area (Å²) < 4.78 is 11.2. The maximum absolute atomic E-state index is 12.0. The number of benzene rings is 1. The fourth-order valence-electron chi connectivity index (χ4n) is 2.96. The van der Waals surface area contributed by atoms with E-state index >= 15 is 0 Å². The summed E-state index contributed by atoms with van der Waals surface area (Å²) in [5.41, 5.74) is 1.97. The van der Waals surface area contributed by atoms with Crippen LogP contribution in [0.1, 0.15) is 30.4 Å². The number of aromatic nitrogens is 1. The Balaban J connectivity index is 1.54. The number of rotatable bonds is 8. The molecule has 1 aliphatic rings. The molecule has 0 spiro atoms. The Labute approximate surface area is 154 Å². The fraction of sp³-hybridized carbons (Fsp3) is 0.333. The number of carbonyl (C=O) groups excluding carboxylic acids is 1. The van der Waals surface area contributed by atoms with Crippen molar-refractivity contribution < 1.29 is 14.3 Å². The van der Waals surface area contributed by atoms with E-state index in [0.717, 1.165) is 24.0 Å². The normalized spacial score (nSPS) is 15.7. The Kier molecular flexibility index (Phi) is 6.25. The molecular weight excluding hydrogens is 328 g/mol. The van der Waals surface area contributed by atoms with Crippen LogP contribution in [-0.2, 0) is 17.9 Å². The molecule has 5 heteroatoms. The van der Waals surface area contributed by atoms with Gasteiger partial charge in [0, 0.05) is 30.9 Å². The number of hydrogen-bond acceptors (Lipinski definition) is 4. The lowest BCUT2D eigenvalue weighted by atomic mass is 10.1. The van der Waals surface area contributed by atoms with E-state index in [1.807, 2.05) is 30.3 Å². The minimum Gasteiger partial charge on any atom is -0.493 e. The van der Waals surface area contributed by atoms with Crippen molar-refractivity contribution in [2.45, 2.75) is 32.4 Å². The van der Waals surface area contributed by atoms with E-state index in [9.17, 15) is 4.79 Å². The van der Waals surface area contributed by atoms with E-state index in [0.29, 0.717) is 37.0 Å². The van der Waals surface area contributed by atoms with E-state index < -0.39 is 0 Å². The summed E-state index contributed by atoms with van der Waals surface area (Å²) in [5, 5.41) is 2.98. The Morgan fingerprint density at radius 2 is 2.19 bits per heavy atom. The maximum atomic E-state index is 12.0. The second-order valence-electron chi connectivity index (χ2n) is 6.38. The first-order chi connectivity index (χ1) is 12.7. The van der Waals surface area contributed by atoms with Gasteiger partial charge in [-0.15, -0.1) is 0 Å². The summed E-state index contributed by atoms with van der Waals surface area (Å²) in [6, 6.07) is 9.55. The number of allylic oxidation sites excluding steroid dienone is 2. The second kappa shape index (κ2) is 9.04. The molecule has 0 saturated heterocycles. The van der Waals surface area contributed by atoms with Gasteiger partial charge in [0.25, 0.3) is 0 Å². The molecule has 1 amide bonds. The number of hydrogen-bond donors (Lipinski definition) is 1. The third-order valence-corrected chi connectivity index (χ3v) is 4.39. The van der Waals surface area contributed by atoms with Gasteiger partial charge in [-0.3, -0.25) is 9.78 Å². The van der Waals surface area contributed by atoms with E-state index in [1.54, 1.807) is 19.5 Å². The van der Waals surface area contributed by atoms with Crippen LogP contribution in [0.25, 0.3) is 0 Å². The minimum atomic E-state index is 0.0809. The molecule has 0 radical (unpaired) electrons. The molecule has 0 unspecified atom stereocenters. The monoisotopic (exact) mass is 352 g/mol. The van der Waals surface area contributed by atoms with Crippen LogP contribution in [0, 0.1) is 5.92 Å². The molecule has 0 saturated carbocycles. The van der Waals surface area contributed by atoms with Gasteiger partial charge in [0.2, 0.25) is 5.91 Å². The van der Waals surface area contributed by atoms with Crippen molar-refractivity contribution in [1.82, 2.24) is 10.3 Å². The molecule has 3 rings (SSSR count). The van der Waals surface area contributed by atoms with Gasteiger partial charge in [-0.2, -0.15) is 0 Å². The number of nitrogens with one attached hydrogen (secondary N) is 1. The predicted molar refractivity (Wildman–Crippen MR) is 99.9 cm³/mol. The smallest absolute Gasteiger partial charge is 0.220 e. The van der Waals surface area contributed by atoms with Crippen LogP contribution in [0.2, 0.25) is 0 Å². The first-order valence-electron chi connectivity index (χ1n) is 8.86. The summed E-state index contributed by atoms with van der Waals surface area (Å²) in [7, 11) is 1.61. The molecule has 1 aromatic heterocycles. The third kappa shape index (κ3) is 5.09. The summed E-state index contributed by atoms with van der Waals surface area (Å²) in [6.45, 7) is 0.906. The molecule has 1 aliphatic carbocycles. The Morgan fingerprint density at radius 1 is 1.27 bits per heavy atom. The van der Waals surface area contributed by atoms with Crippen LogP contribution in [0.4, 0.5) is 0 Å². The molecule has 1 atom stereocenters. The van der Waals surface area contributed by atoms with E-state index in [2.05, 4.69) is 22.5 Å². The zero-order chi connectivity index (χ0) is 18.2. The molecule has 0 aliphatic heterocycles. The molecule has 0 fully saturated rings. The van der Waals surface area contributed by atoms with Gasteiger partial charge in [-0.25, -0.2) is 0 Å². The van der Waals surface area contributed by atoms with Gasteiger partial charge >= 0.3 is 0 Å². The number of methoxy groups -OCH3 is 1. The molecule has 5 nitrogen and oxygen atoms in total. The second-order valence-corrected chi connectivity index (χ2v) is 6.38. The molecule has 136 valence electrons. The predicted octanol–water partition coefficient (Wildman–Crippen LogP) is 3.64. The number of amides is 1. The highest BCUT2D eigenvalue weighted by molar-refractivity contribution is 5.76. The number of pyridine rings is 1. The number of carbonyl (C=O) groups is 1. The third-order valence-electron chi connectivity index (χ3n) is 4.39. The molecule has 26 heavy (non-hydrogen) atoms.